The highest BCUT2D eigenvalue weighted by Gasteiger charge is 2.25. The van der Waals surface area contributed by atoms with Gasteiger partial charge in [0.15, 0.2) is 5.13 Å². The lowest BCUT2D eigenvalue weighted by atomic mass is 10.2. The number of fused-ring (bicyclic) bond motifs is 1. The summed E-state index contributed by atoms with van der Waals surface area (Å²) in [5, 5.41) is 5.70. The maximum atomic E-state index is 13.4. The van der Waals surface area contributed by atoms with E-state index in [1.807, 2.05) is 47.0 Å². The molecule has 0 bridgehead atoms. The Hall–Kier alpha value is -1.96. The normalized spacial score (nSPS) is 11.7. The van der Waals surface area contributed by atoms with Crippen molar-refractivity contribution in [2.45, 2.75) is 33.2 Å². The van der Waals surface area contributed by atoms with E-state index >= 15 is 0 Å². The minimum atomic E-state index is -0.0761. The van der Waals surface area contributed by atoms with E-state index in [1.165, 1.54) is 11.3 Å². The fourth-order valence-electron chi connectivity index (χ4n) is 3.07. The molecule has 3 rings (SSSR count). The zero-order valence-corrected chi connectivity index (χ0v) is 18.5. The molecule has 0 aliphatic carbocycles. The van der Waals surface area contributed by atoms with Crippen molar-refractivity contribution >= 4 is 44.2 Å². The smallest absolute Gasteiger partial charge is 0.278 e. The number of anilines is 1. The van der Waals surface area contributed by atoms with Gasteiger partial charge in [-0.2, -0.15) is 5.10 Å². The van der Waals surface area contributed by atoms with Crippen LogP contribution in [0.15, 0.2) is 24.4 Å². The number of carbonyl (C=O) groups excluding carboxylic acids is 1. The van der Waals surface area contributed by atoms with E-state index in [9.17, 15) is 4.79 Å². The molecule has 2 heterocycles. The molecule has 1 aromatic carbocycles. The summed E-state index contributed by atoms with van der Waals surface area (Å²) in [5.74, 6) is -0.0761. The lowest BCUT2D eigenvalue weighted by molar-refractivity contribution is 0.0974. The molecule has 28 heavy (non-hydrogen) atoms. The van der Waals surface area contributed by atoms with E-state index in [0.717, 1.165) is 28.7 Å². The summed E-state index contributed by atoms with van der Waals surface area (Å²) >= 11 is 7.78. The van der Waals surface area contributed by atoms with Gasteiger partial charge in [-0.15, -0.1) is 0 Å². The molecular formula is C20H26ClN5OS. The lowest BCUT2D eigenvalue weighted by Crippen LogP contribution is -2.35. The van der Waals surface area contributed by atoms with Gasteiger partial charge in [0.05, 0.1) is 10.2 Å². The Balaban J connectivity index is 2.00. The second-order valence-electron chi connectivity index (χ2n) is 7.38. The van der Waals surface area contributed by atoms with E-state index in [4.69, 9.17) is 16.6 Å². The summed E-state index contributed by atoms with van der Waals surface area (Å²) in [6.07, 6.45) is 2.53. The van der Waals surface area contributed by atoms with Crippen LogP contribution >= 0.6 is 22.9 Å². The fraction of sp³-hybridized carbons (Fsp3) is 0.450. The van der Waals surface area contributed by atoms with Crippen LogP contribution in [0.4, 0.5) is 5.13 Å². The highest BCUT2D eigenvalue weighted by molar-refractivity contribution is 7.22. The number of hydrogen-bond donors (Lipinski definition) is 0. The van der Waals surface area contributed by atoms with E-state index < -0.39 is 0 Å². The van der Waals surface area contributed by atoms with Crippen LogP contribution in [0.5, 0.6) is 0 Å². The molecule has 0 radical (unpaired) electrons. The van der Waals surface area contributed by atoms with Gasteiger partial charge in [0.2, 0.25) is 0 Å². The maximum absolute atomic E-state index is 13.4. The molecule has 0 aliphatic rings. The quantitative estimate of drug-likeness (QED) is 0.560. The highest BCUT2D eigenvalue weighted by Crippen LogP contribution is 2.34. The molecule has 6 nitrogen and oxygen atoms in total. The summed E-state index contributed by atoms with van der Waals surface area (Å²) in [7, 11) is 4.06. The molecule has 0 saturated heterocycles. The molecule has 0 aliphatic heterocycles. The molecular weight excluding hydrogens is 394 g/mol. The third-order valence-electron chi connectivity index (χ3n) is 4.58. The third kappa shape index (κ3) is 4.21. The fourth-order valence-corrected chi connectivity index (χ4v) is 4.27. The minimum Gasteiger partial charge on any atom is -0.309 e. The second kappa shape index (κ2) is 8.59. The number of benzene rings is 1. The van der Waals surface area contributed by atoms with Crippen LogP contribution in [0.1, 0.15) is 42.4 Å². The molecule has 0 unspecified atom stereocenters. The summed E-state index contributed by atoms with van der Waals surface area (Å²) in [5.41, 5.74) is 2.37. The average molecular weight is 420 g/mol. The first-order valence-corrected chi connectivity index (χ1v) is 10.5. The summed E-state index contributed by atoms with van der Waals surface area (Å²) in [4.78, 5) is 22.1. The minimum absolute atomic E-state index is 0.0761. The van der Waals surface area contributed by atoms with Crippen molar-refractivity contribution in [1.82, 2.24) is 19.7 Å². The van der Waals surface area contributed by atoms with Crippen molar-refractivity contribution in [1.29, 1.82) is 0 Å². The van der Waals surface area contributed by atoms with Gasteiger partial charge in [-0.25, -0.2) is 4.98 Å². The number of hydrogen-bond acceptors (Lipinski definition) is 5. The van der Waals surface area contributed by atoms with Crippen LogP contribution in [0.25, 0.3) is 10.2 Å². The van der Waals surface area contributed by atoms with Gasteiger partial charge in [0, 0.05) is 23.8 Å². The van der Waals surface area contributed by atoms with Gasteiger partial charge >= 0.3 is 0 Å². The molecule has 0 saturated carbocycles. The van der Waals surface area contributed by atoms with Crippen LogP contribution in [0.2, 0.25) is 5.02 Å². The Morgan fingerprint density at radius 2 is 2.00 bits per heavy atom. The number of nitrogens with zero attached hydrogens (tertiary/aromatic N) is 5. The first-order chi connectivity index (χ1) is 13.3. The number of carbonyl (C=O) groups is 1. The average Bonchev–Trinajstić information content (AvgIpc) is 3.28. The van der Waals surface area contributed by atoms with Crippen molar-refractivity contribution < 1.29 is 4.79 Å². The Bertz CT molecular complexity index is 978. The number of aromatic nitrogens is 3. The van der Waals surface area contributed by atoms with Gasteiger partial charge in [0.25, 0.3) is 5.91 Å². The predicted octanol–water partition coefficient (Wildman–Crippen LogP) is 4.63. The number of aryl methyl sites for hydroxylation is 1. The predicted molar refractivity (Wildman–Crippen MR) is 117 cm³/mol. The van der Waals surface area contributed by atoms with Crippen molar-refractivity contribution in [3.63, 3.8) is 0 Å². The molecule has 0 spiro atoms. The molecule has 2 aromatic heterocycles. The van der Waals surface area contributed by atoms with Crippen LogP contribution < -0.4 is 4.90 Å². The Morgan fingerprint density at radius 1 is 1.25 bits per heavy atom. The maximum Gasteiger partial charge on any atom is 0.278 e. The molecule has 0 atom stereocenters. The summed E-state index contributed by atoms with van der Waals surface area (Å²) in [6, 6.07) is 5.73. The number of thiazole rings is 1. The van der Waals surface area contributed by atoms with E-state index in [0.29, 0.717) is 22.4 Å². The Labute approximate surface area is 174 Å². The zero-order valence-electron chi connectivity index (χ0n) is 16.9. The van der Waals surface area contributed by atoms with Gasteiger partial charge < -0.3 is 4.90 Å². The van der Waals surface area contributed by atoms with Crippen LogP contribution in [0, 0.1) is 6.92 Å². The van der Waals surface area contributed by atoms with Gasteiger partial charge in [-0.05, 0) is 71.6 Å². The number of amides is 1. The zero-order chi connectivity index (χ0) is 20.4. The van der Waals surface area contributed by atoms with Crippen LogP contribution in [-0.2, 0) is 0 Å². The number of halogens is 1. The van der Waals surface area contributed by atoms with Crippen molar-refractivity contribution in [2.24, 2.45) is 0 Å². The molecule has 3 aromatic rings. The molecule has 0 fully saturated rings. The van der Waals surface area contributed by atoms with Crippen molar-refractivity contribution in [2.75, 3.05) is 32.1 Å². The SMILES string of the molecule is Cc1c(Cl)ccc2sc(N(CCCN(C)C)C(=O)c3ccnn3C(C)C)nc12. The molecule has 0 N–H and O–H groups in total. The van der Waals surface area contributed by atoms with E-state index in [-0.39, 0.29) is 11.9 Å². The van der Waals surface area contributed by atoms with Gasteiger partial charge in [-0.3, -0.25) is 14.4 Å². The largest absolute Gasteiger partial charge is 0.309 e. The van der Waals surface area contributed by atoms with Crippen molar-refractivity contribution in [3.05, 3.63) is 40.7 Å². The number of rotatable bonds is 7. The first kappa shape index (κ1) is 20.8. The van der Waals surface area contributed by atoms with E-state index in [2.05, 4.69) is 10.00 Å². The standard InChI is InChI=1S/C20H26ClN5OS/c1-13(2)26-16(9-10-22-26)19(27)25(12-6-11-24(4)5)20-23-18-14(3)15(21)7-8-17(18)28-20/h7-10,13H,6,11-12H2,1-5H3. The topological polar surface area (TPSA) is 54.3 Å². The van der Waals surface area contributed by atoms with Crippen LogP contribution in [-0.4, -0.2) is 52.8 Å². The molecule has 8 heteroatoms. The molecule has 1 amide bonds. The van der Waals surface area contributed by atoms with Crippen molar-refractivity contribution in [3.8, 4) is 0 Å². The van der Waals surface area contributed by atoms with Gasteiger partial charge in [0.1, 0.15) is 5.69 Å². The van der Waals surface area contributed by atoms with Gasteiger partial charge in [-0.1, -0.05) is 22.9 Å². The monoisotopic (exact) mass is 419 g/mol. The Kier molecular flexibility index (Phi) is 6.37. The van der Waals surface area contributed by atoms with Crippen LogP contribution in [0.3, 0.4) is 0 Å². The summed E-state index contributed by atoms with van der Waals surface area (Å²) in [6.45, 7) is 7.47. The summed E-state index contributed by atoms with van der Waals surface area (Å²) < 4.78 is 2.79. The first-order valence-electron chi connectivity index (χ1n) is 9.35. The second-order valence-corrected chi connectivity index (χ2v) is 8.80. The lowest BCUT2D eigenvalue weighted by Gasteiger charge is -2.22. The Morgan fingerprint density at radius 3 is 2.68 bits per heavy atom. The molecule has 150 valence electrons. The third-order valence-corrected chi connectivity index (χ3v) is 6.03. The highest BCUT2D eigenvalue weighted by atomic mass is 35.5. The van der Waals surface area contributed by atoms with E-state index in [1.54, 1.807) is 21.8 Å².